The van der Waals surface area contributed by atoms with Crippen molar-refractivity contribution >= 4 is 12.0 Å². The highest BCUT2D eigenvalue weighted by atomic mass is 16.4. The van der Waals surface area contributed by atoms with E-state index in [-0.39, 0.29) is 24.5 Å². The van der Waals surface area contributed by atoms with Gasteiger partial charge < -0.3 is 15.3 Å². The zero-order chi connectivity index (χ0) is 15.6. The molecule has 21 heavy (non-hydrogen) atoms. The molecule has 120 valence electrons. The Balaban J connectivity index is 1.88. The Morgan fingerprint density at radius 2 is 2.00 bits per heavy atom. The van der Waals surface area contributed by atoms with E-state index < -0.39 is 5.97 Å². The number of urea groups is 1. The zero-order valence-electron chi connectivity index (χ0n) is 13.3. The first-order valence-electron chi connectivity index (χ1n) is 8.21. The van der Waals surface area contributed by atoms with Crippen LogP contribution in [0.5, 0.6) is 0 Å². The van der Waals surface area contributed by atoms with E-state index in [1.54, 1.807) is 11.8 Å². The number of carboxylic acid groups (broad SMARTS) is 1. The van der Waals surface area contributed by atoms with Crippen LogP contribution in [0.1, 0.15) is 52.9 Å². The summed E-state index contributed by atoms with van der Waals surface area (Å²) in [5, 5.41) is 12.0. The number of nitrogens with zero attached hydrogens (tertiary/aromatic N) is 1. The van der Waals surface area contributed by atoms with Crippen molar-refractivity contribution in [2.75, 3.05) is 6.54 Å². The second-order valence-corrected chi connectivity index (χ2v) is 6.81. The van der Waals surface area contributed by atoms with Crippen molar-refractivity contribution in [1.29, 1.82) is 0 Å². The second-order valence-electron chi connectivity index (χ2n) is 6.81. The van der Waals surface area contributed by atoms with E-state index in [2.05, 4.69) is 12.2 Å². The van der Waals surface area contributed by atoms with Gasteiger partial charge in [0.2, 0.25) is 0 Å². The molecule has 0 aromatic rings. The SMILES string of the molecule is CCN(C(=O)NC(C)C1CC2CCC1C2)C(C)CC(=O)O. The fourth-order valence-corrected chi connectivity index (χ4v) is 4.31. The molecule has 2 bridgehead atoms. The summed E-state index contributed by atoms with van der Waals surface area (Å²) in [5.74, 6) is 1.38. The highest BCUT2D eigenvalue weighted by Gasteiger charge is 2.42. The van der Waals surface area contributed by atoms with E-state index >= 15 is 0 Å². The van der Waals surface area contributed by atoms with Crippen LogP contribution in [0.3, 0.4) is 0 Å². The maximum Gasteiger partial charge on any atom is 0.317 e. The van der Waals surface area contributed by atoms with Gasteiger partial charge in [0.25, 0.3) is 0 Å². The molecule has 2 aliphatic carbocycles. The van der Waals surface area contributed by atoms with Crippen LogP contribution in [0.2, 0.25) is 0 Å². The lowest BCUT2D eigenvalue weighted by atomic mass is 9.84. The van der Waals surface area contributed by atoms with Crippen molar-refractivity contribution in [3.63, 3.8) is 0 Å². The topological polar surface area (TPSA) is 69.6 Å². The number of hydrogen-bond donors (Lipinski definition) is 2. The van der Waals surface area contributed by atoms with Crippen molar-refractivity contribution in [3.8, 4) is 0 Å². The molecule has 5 unspecified atom stereocenters. The predicted octanol–water partition coefficient (Wildman–Crippen LogP) is 2.71. The quantitative estimate of drug-likeness (QED) is 0.791. The molecule has 2 fully saturated rings. The van der Waals surface area contributed by atoms with E-state index in [0.29, 0.717) is 12.5 Å². The van der Waals surface area contributed by atoms with Gasteiger partial charge in [-0.3, -0.25) is 4.79 Å². The standard InChI is InChI=1S/C16H28N2O3/c1-4-18(10(2)7-15(19)20)16(21)17-11(3)14-9-12-5-6-13(14)8-12/h10-14H,4-9H2,1-3H3,(H,17,21)(H,19,20). The van der Waals surface area contributed by atoms with E-state index in [1.807, 2.05) is 6.92 Å². The molecule has 2 rings (SSSR count). The van der Waals surface area contributed by atoms with Crippen molar-refractivity contribution < 1.29 is 14.7 Å². The molecule has 5 nitrogen and oxygen atoms in total. The average molecular weight is 296 g/mol. The van der Waals surface area contributed by atoms with Gasteiger partial charge >= 0.3 is 12.0 Å². The lowest BCUT2D eigenvalue weighted by Gasteiger charge is -2.33. The maximum atomic E-state index is 12.4. The highest BCUT2D eigenvalue weighted by molar-refractivity contribution is 5.76. The first-order valence-corrected chi connectivity index (χ1v) is 8.21. The van der Waals surface area contributed by atoms with Crippen LogP contribution in [-0.2, 0) is 4.79 Å². The zero-order valence-corrected chi connectivity index (χ0v) is 13.3. The number of rotatable bonds is 6. The van der Waals surface area contributed by atoms with Gasteiger partial charge in [0.15, 0.2) is 0 Å². The second kappa shape index (κ2) is 6.67. The van der Waals surface area contributed by atoms with E-state index in [1.165, 1.54) is 25.7 Å². The minimum absolute atomic E-state index is 0.0102. The molecule has 2 amide bonds. The lowest BCUT2D eigenvalue weighted by Crippen LogP contribution is -2.50. The first kappa shape index (κ1) is 16.1. The monoisotopic (exact) mass is 296 g/mol. The van der Waals surface area contributed by atoms with Crippen LogP contribution in [0.25, 0.3) is 0 Å². The number of aliphatic carboxylic acids is 1. The molecular weight excluding hydrogens is 268 g/mol. The molecule has 0 heterocycles. The minimum Gasteiger partial charge on any atom is -0.481 e. The number of carbonyl (C=O) groups excluding carboxylic acids is 1. The number of nitrogens with one attached hydrogen (secondary N) is 1. The van der Waals surface area contributed by atoms with Crippen LogP contribution in [0.15, 0.2) is 0 Å². The van der Waals surface area contributed by atoms with Gasteiger partial charge in [-0.05, 0) is 57.8 Å². The number of amides is 2. The van der Waals surface area contributed by atoms with Crippen LogP contribution in [0.4, 0.5) is 4.79 Å². The third-order valence-corrected chi connectivity index (χ3v) is 5.39. The van der Waals surface area contributed by atoms with Crippen LogP contribution in [-0.4, -0.2) is 40.6 Å². The van der Waals surface area contributed by atoms with E-state index in [9.17, 15) is 9.59 Å². The molecule has 5 atom stereocenters. The van der Waals surface area contributed by atoms with Crippen molar-refractivity contribution in [2.45, 2.75) is 65.0 Å². The Labute approximate surface area is 127 Å². The molecule has 0 radical (unpaired) electrons. The normalized spacial score (nSPS) is 30.0. The Kier molecular flexibility index (Phi) is 5.12. The fourth-order valence-electron chi connectivity index (χ4n) is 4.31. The summed E-state index contributed by atoms with van der Waals surface area (Å²) in [6.45, 7) is 6.31. The van der Waals surface area contributed by atoms with Crippen LogP contribution in [0, 0.1) is 17.8 Å². The van der Waals surface area contributed by atoms with Gasteiger partial charge in [-0.1, -0.05) is 6.42 Å². The highest BCUT2D eigenvalue weighted by Crippen LogP contribution is 2.49. The van der Waals surface area contributed by atoms with Crippen molar-refractivity contribution in [1.82, 2.24) is 10.2 Å². The van der Waals surface area contributed by atoms with Crippen LogP contribution < -0.4 is 5.32 Å². The average Bonchev–Trinajstić information content (AvgIpc) is 3.00. The van der Waals surface area contributed by atoms with Gasteiger partial charge in [0, 0.05) is 18.6 Å². The fraction of sp³-hybridized carbons (Fsp3) is 0.875. The van der Waals surface area contributed by atoms with Gasteiger partial charge in [-0.2, -0.15) is 0 Å². The molecule has 0 aromatic heterocycles. The lowest BCUT2D eigenvalue weighted by molar-refractivity contribution is -0.138. The molecule has 2 N–H and O–H groups in total. The summed E-state index contributed by atoms with van der Waals surface area (Å²) >= 11 is 0. The van der Waals surface area contributed by atoms with Gasteiger partial charge in [-0.25, -0.2) is 4.79 Å². The summed E-state index contributed by atoms with van der Waals surface area (Å²) < 4.78 is 0. The summed E-state index contributed by atoms with van der Waals surface area (Å²) in [4.78, 5) is 24.8. The molecular formula is C16H28N2O3. The Bertz CT molecular complexity index is 399. The molecule has 2 aliphatic rings. The van der Waals surface area contributed by atoms with Crippen molar-refractivity contribution in [3.05, 3.63) is 0 Å². The van der Waals surface area contributed by atoms with E-state index in [0.717, 1.165) is 11.8 Å². The number of carboxylic acids is 1. The molecule has 0 saturated heterocycles. The first-order chi connectivity index (χ1) is 9.92. The Morgan fingerprint density at radius 3 is 2.48 bits per heavy atom. The maximum absolute atomic E-state index is 12.4. The summed E-state index contributed by atoms with van der Waals surface area (Å²) in [7, 11) is 0. The number of hydrogen-bond acceptors (Lipinski definition) is 2. The van der Waals surface area contributed by atoms with E-state index in [4.69, 9.17) is 5.11 Å². The molecule has 0 spiro atoms. The number of carbonyl (C=O) groups is 2. The predicted molar refractivity (Wildman–Crippen MR) is 81.0 cm³/mol. The largest absolute Gasteiger partial charge is 0.481 e. The molecule has 5 heteroatoms. The third-order valence-electron chi connectivity index (χ3n) is 5.39. The summed E-state index contributed by atoms with van der Waals surface area (Å²) in [5.41, 5.74) is 0. The van der Waals surface area contributed by atoms with Gasteiger partial charge in [0.1, 0.15) is 0 Å². The smallest absolute Gasteiger partial charge is 0.317 e. The molecule has 2 saturated carbocycles. The summed E-state index contributed by atoms with van der Waals surface area (Å²) in [6.07, 6.45) is 5.23. The Hall–Kier alpha value is -1.26. The Morgan fingerprint density at radius 1 is 1.29 bits per heavy atom. The summed E-state index contributed by atoms with van der Waals surface area (Å²) in [6, 6.07) is -0.222. The third kappa shape index (κ3) is 3.69. The van der Waals surface area contributed by atoms with Gasteiger partial charge in [0.05, 0.1) is 6.42 Å². The number of fused-ring (bicyclic) bond motifs is 2. The molecule has 0 aliphatic heterocycles. The van der Waals surface area contributed by atoms with Gasteiger partial charge in [-0.15, -0.1) is 0 Å². The molecule has 0 aromatic carbocycles. The van der Waals surface area contributed by atoms with Crippen molar-refractivity contribution in [2.24, 2.45) is 17.8 Å². The van der Waals surface area contributed by atoms with Crippen LogP contribution >= 0.6 is 0 Å². The minimum atomic E-state index is -0.866.